The van der Waals surface area contributed by atoms with Crippen LogP contribution in [-0.4, -0.2) is 17.5 Å². The molecule has 0 aromatic heterocycles. The quantitative estimate of drug-likeness (QED) is 0.826. The van der Waals surface area contributed by atoms with Gasteiger partial charge in [0.25, 0.3) is 0 Å². The van der Waals surface area contributed by atoms with E-state index >= 15 is 0 Å². The third kappa shape index (κ3) is 3.29. The van der Waals surface area contributed by atoms with Crippen molar-refractivity contribution >= 4 is 17.5 Å². The fourth-order valence-corrected chi connectivity index (χ4v) is 2.27. The number of carbonyl (C=O) groups is 3. The molecule has 0 radical (unpaired) electrons. The maximum Gasteiger partial charge on any atom is 0.217 e. The van der Waals surface area contributed by atoms with Gasteiger partial charge in [0.1, 0.15) is 0 Å². The van der Waals surface area contributed by atoms with Crippen LogP contribution in [-0.2, 0) is 14.4 Å². The first-order chi connectivity index (χ1) is 9.58. The number of hydrogen-bond donors (Lipinski definition) is 1. The standard InChI is InChI=1S/C16H15NO3/c17-16(20)9-7-13(11-4-2-1-3-5-11)14-10-12(18)6-8-15(14)19/h1-6,8,10,13H,7,9H2,(H2,17,20). The van der Waals surface area contributed by atoms with Crippen molar-refractivity contribution in [1.82, 2.24) is 0 Å². The molecular weight excluding hydrogens is 254 g/mol. The number of amides is 1. The molecule has 4 nitrogen and oxygen atoms in total. The molecule has 0 aliphatic heterocycles. The van der Waals surface area contributed by atoms with Crippen molar-refractivity contribution in [3.05, 3.63) is 59.7 Å². The molecule has 1 amide bonds. The molecule has 0 heterocycles. The van der Waals surface area contributed by atoms with Gasteiger partial charge >= 0.3 is 0 Å². The average Bonchev–Trinajstić information content (AvgIpc) is 2.43. The number of allylic oxidation sites excluding steroid dienone is 4. The van der Waals surface area contributed by atoms with Crippen LogP contribution in [0.2, 0.25) is 0 Å². The summed E-state index contributed by atoms with van der Waals surface area (Å²) >= 11 is 0. The van der Waals surface area contributed by atoms with Crippen LogP contribution in [0.15, 0.2) is 54.1 Å². The summed E-state index contributed by atoms with van der Waals surface area (Å²) in [5, 5.41) is 0. The van der Waals surface area contributed by atoms with Gasteiger partial charge in [-0.15, -0.1) is 0 Å². The summed E-state index contributed by atoms with van der Waals surface area (Å²) < 4.78 is 0. The number of ketones is 2. The van der Waals surface area contributed by atoms with Crippen molar-refractivity contribution in [2.24, 2.45) is 5.73 Å². The zero-order chi connectivity index (χ0) is 14.5. The van der Waals surface area contributed by atoms with E-state index in [1.54, 1.807) is 0 Å². The van der Waals surface area contributed by atoms with Gasteiger partial charge in [-0.05, 0) is 30.2 Å². The lowest BCUT2D eigenvalue weighted by Crippen LogP contribution is -2.18. The number of benzene rings is 1. The van der Waals surface area contributed by atoms with Gasteiger partial charge < -0.3 is 5.73 Å². The molecule has 0 spiro atoms. The van der Waals surface area contributed by atoms with E-state index < -0.39 is 5.91 Å². The van der Waals surface area contributed by atoms with E-state index in [9.17, 15) is 14.4 Å². The molecule has 0 fully saturated rings. The van der Waals surface area contributed by atoms with E-state index in [1.807, 2.05) is 30.3 Å². The molecule has 20 heavy (non-hydrogen) atoms. The summed E-state index contributed by atoms with van der Waals surface area (Å²) in [6, 6.07) is 9.35. The minimum Gasteiger partial charge on any atom is -0.370 e. The van der Waals surface area contributed by atoms with E-state index in [1.165, 1.54) is 18.2 Å². The van der Waals surface area contributed by atoms with Crippen molar-refractivity contribution in [2.75, 3.05) is 0 Å². The molecule has 1 unspecified atom stereocenters. The highest BCUT2D eigenvalue weighted by atomic mass is 16.1. The first-order valence-corrected chi connectivity index (χ1v) is 6.39. The average molecular weight is 269 g/mol. The van der Waals surface area contributed by atoms with E-state index in [0.717, 1.165) is 5.56 Å². The van der Waals surface area contributed by atoms with Crippen molar-refractivity contribution < 1.29 is 14.4 Å². The summed E-state index contributed by atoms with van der Waals surface area (Å²) in [4.78, 5) is 34.5. The molecule has 2 N–H and O–H groups in total. The normalized spacial score (nSPS) is 15.9. The number of primary amides is 1. The Kier molecular flexibility index (Phi) is 4.25. The van der Waals surface area contributed by atoms with Crippen LogP contribution in [0.25, 0.3) is 0 Å². The molecule has 4 heteroatoms. The first kappa shape index (κ1) is 13.9. The second-order valence-corrected chi connectivity index (χ2v) is 4.67. The Morgan fingerprint density at radius 3 is 2.45 bits per heavy atom. The summed E-state index contributed by atoms with van der Waals surface area (Å²) in [6.07, 6.45) is 4.46. The molecule has 102 valence electrons. The Hall–Kier alpha value is -2.49. The lowest BCUT2D eigenvalue weighted by Gasteiger charge is -2.20. The van der Waals surface area contributed by atoms with Crippen LogP contribution in [0.5, 0.6) is 0 Å². The van der Waals surface area contributed by atoms with Crippen LogP contribution in [0, 0.1) is 0 Å². The number of hydrogen-bond acceptors (Lipinski definition) is 3. The summed E-state index contributed by atoms with van der Waals surface area (Å²) in [6.45, 7) is 0. The zero-order valence-electron chi connectivity index (χ0n) is 10.9. The Labute approximate surface area is 117 Å². The topological polar surface area (TPSA) is 77.2 Å². The van der Waals surface area contributed by atoms with Crippen molar-refractivity contribution in [3.8, 4) is 0 Å². The van der Waals surface area contributed by atoms with Crippen LogP contribution >= 0.6 is 0 Å². The lowest BCUT2D eigenvalue weighted by atomic mass is 9.83. The Balaban J connectivity index is 2.34. The van der Waals surface area contributed by atoms with Gasteiger partial charge in [-0.3, -0.25) is 14.4 Å². The molecule has 1 aliphatic rings. The largest absolute Gasteiger partial charge is 0.370 e. The van der Waals surface area contributed by atoms with Gasteiger partial charge in [-0.1, -0.05) is 30.3 Å². The van der Waals surface area contributed by atoms with E-state index in [-0.39, 0.29) is 23.9 Å². The highest BCUT2D eigenvalue weighted by Gasteiger charge is 2.24. The van der Waals surface area contributed by atoms with E-state index in [4.69, 9.17) is 5.73 Å². The summed E-state index contributed by atoms with van der Waals surface area (Å²) in [5.74, 6) is -1.11. The molecule has 1 aromatic carbocycles. The van der Waals surface area contributed by atoms with Crippen LogP contribution in [0.1, 0.15) is 24.3 Å². The molecule has 1 aromatic rings. The van der Waals surface area contributed by atoms with Gasteiger partial charge in [0.05, 0.1) is 0 Å². The Morgan fingerprint density at radius 2 is 1.80 bits per heavy atom. The predicted octanol–water partition coefficient (Wildman–Crippen LogP) is 1.67. The van der Waals surface area contributed by atoms with Crippen LogP contribution in [0.3, 0.4) is 0 Å². The van der Waals surface area contributed by atoms with E-state index in [0.29, 0.717) is 12.0 Å². The maximum absolute atomic E-state index is 12.0. The van der Waals surface area contributed by atoms with Crippen molar-refractivity contribution in [1.29, 1.82) is 0 Å². The molecule has 0 saturated heterocycles. The molecule has 0 bridgehead atoms. The fraction of sp³-hybridized carbons (Fsp3) is 0.188. The third-order valence-corrected chi connectivity index (χ3v) is 3.24. The predicted molar refractivity (Wildman–Crippen MR) is 74.8 cm³/mol. The van der Waals surface area contributed by atoms with Crippen molar-refractivity contribution in [2.45, 2.75) is 18.8 Å². The van der Waals surface area contributed by atoms with Gasteiger partial charge in [0.15, 0.2) is 11.6 Å². The van der Waals surface area contributed by atoms with Gasteiger partial charge in [-0.2, -0.15) is 0 Å². The second kappa shape index (κ2) is 6.10. The zero-order valence-corrected chi connectivity index (χ0v) is 10.9. The minimum absolute atomic E-state index is 0.169. The maximum atomic E-state index is 12.0. The minimum atomic E-state index is -0.420. The lowest BCUT2D eigenvalue weighted by molar-refractivity contribution is -0.118. The molecule has 0 saturated carbocycles. The molecule has 1 atom stereocenters. The number of rotatable bonds is 5. The van der Waals surface area contributed by atoms with Gasteiger partial charge in [-0.25, -0.2) is 0 Å². The summed E-state index contributed by atoms with van der Waals surface area (Å²) in [7, 11) is 0. The smallest absolute Gasteiger partial charge is 0.217 e. The number of nitrogens with two attached hydrogens (primary N) is 1. The molecule has 1 aliphatic carbocycles. The first-order valence-electron chi connectivity index (χ1n) is 6.39. The van der Waals surface area contributed by atoms with Crippen molar-refractivity contribution in [3.63, 3.8) is 0 Å². The van der Waals surface area contributed by atoms with Gasteiger partial charge in [0, 0.05) is 17.9 Å². The Bertz CT molecular complexity index is 599. The van der Waals surface area contributed by atoms with Crippen LogP contribution < -0.4 is 5.73 Å². The second-order valence-electron chi connectivity index (χ2n) is 4.67. The fourth-order valence-electron chi connectivity index (χ4n) is 2.27. The summed E-state index contributed by atoms with van der Waals surface area (Å²) in [5.41, 5.74) is 6.51. The highest BCUT2D eigenvalue weighted by Crippen LogP contribution is 2.31. The Morgan fingerprint density at radius 1 is 1.10 bits per heavy atom. The SMILES string of the molecule is NC(=O)CCC(C1=CC(=O)C=CC1=O)c1ccccc1. The molecule has 2 rings (SSSR count). The number of carbonyl (C=O) groups excluding carboxylic acids is 3. The van der Waals surface area contributed by atoms with Gasteiger partial charge in [0.2, 0.25) is 5.91 Å². The third-order valence-electron chi connectivity index (χ3n) is 3.24. The monoisotopic (exact) mass is 269 g/mol. The highest BCUT2D eigenvalue weighted by molar-refractivity contribution is 6.17. The van der Waals surface area contributed by atoms with E-state index in [2.05, 4.69) is 0 Å². The molecular formula is C16H15NO3. The van der Waals surface area contributed by atoms with Crippen LogP contribution in [0.4, 0.5) is 0 Å².